The van der Waals surface area contributed by atoms with Crippen molar-refractivity contribution in [3.05, 3.63) is 45.7 Å². The largest absolute Gasteiger partial charge is 0.384 e. The van der Waals surface area contributed by atoms with E-state index in [4.69, 9.17) is 17.3 Å². The Morgan fingerprint density at radius 1 is 1.40 bits per heavy atom. The standard InChI is InChI=1S/C10H9ClIN3/c11-10(14-6-5-9(13)15-10)7-3-1-2-4-8(7)12/h1-6,14H,(H2,13,15). The summed E-state index contributed by atoms with van der Waals surface area (Å²) in [7, 11) is 0. The molecule has 1 heterocycles. The summed E-state index contributed by atoms with van der Waals surface area (Å²) in [5.41, 5.74) is 6.54. The first-order valence-corrected chi connectivity index (χ1v) is 5.81. The van der Waals surface area contributed by atoms with Crippen LogP contribution in [0.2, 0.25) is 0 Å². The van der Waals surface area contributed by atoms with Gasteiger partial charge in [-0.1, -0.05) is 29.8 Å². The molecule has 78 valence electrons. The maximum absolute atomic E-state index is 6.37. The van der Waals surface area contributed by atoms with Gasteiger partial charge in [0.2, 0.25) is 5.12 Å². The van der Waals surface area contributed by atoms with E-state index < -0.39 is 5.12 Å². The van der Waals surface area contributed by atoms with Gasteiger partial charge in [-0.3, -0.25) is 0 Å². The van der Waals surface area contributed by atoms with Gasteiger partial charge in [0, 0.05) is 15.3 Å². The molecule has 0 saturated heterocycles. The Bertz CT molecular complexity index is 444. The van der Waals surface area contributed by atoms with Gasteiger partial charge in [-0.15, -0.1) is 0 Å². The summed E-state index contributed by atoms with van der Waals surface area (Å²) < 4.78 is 1.05. The third-order valence-electron chi connectivity index (χ3n) is 2.04. The molecule has 2 rings (SSSR count). The number of hydrogen-bond acceptors (Lipinski definition) is 3. The topological polar surface area (TPSA) is 50.4 Å². The Labute approximate surface area is 107 Å². The van der Waals surface area contributed by atoms with Crippen LogP contribution in [0.25, 0.3) is 0 Å². The van der Waals surface area contributed by atoms with E-state index in [0.29, 0.717) is 5.84 Å². The van der Waals surface area contributed by atoms with Gasteiger partial charge < -0.3 is 11.1 Å². The van der Waals surface area contributed by atoms with Gasteiger partial charge in [-0.2, -0.15) is 0 Å². The van der Waals surface area contributed by atoms with Crippen molar-refractivity contribution in [2.75, 3.05) is 0 Å². The van der Waals surface area contributed by atoms with Crippen LogP contribution in [0.15, 0.2) is 41.5 Å². The summed E-state index contributed by atoms with van der Waals surface area (Å²) in [5.74, 6) is 0.420. The molecule has 5 heteroatoms. The number of nitrogens with zero attached hydrogens (tertiary/aromatic N) is 1. The number of benzene rings is 1. The summed E-state index contributed by atoms with van der Waals surface area (Å²) >= 11 is 8.59. The highest BCUT2D eigenvalue weighted by Gasteiger charge is 2.31. The lowest BCUT2D eigenvalue weighted by molar-refractivity contribution is 0.566. The molecule has 0 amide bonds. The minimum absolute atomic E-state index is 0.420. The van der Waals surface area contributed by atoms with E-state index in [9.17, 15) is 0 Å². The van der Waals surface area contributed by atoms with E-state index >= 15 is 0 Å². The van der Waals surface area contributed by atoms with Crippen molar-refractivity contribution in [1.29, 1.82) is 0 Å². The average molecular weight is 334 g/mol. The van der Waals surface area contributed by atoms with Crippen LogP contribution in [-0.2, 0) is 5.12 Å². The summed E-state index contributed by atoms with van der Waals surface area (Å²) in [6.45, 7) is 0. The third kappa shape index (κ3) is 2.10. The Hall–Kier alpha value is -0.750. The number of nitrogens with two attached hydrogens (primary N) is 1. The van der Waals surface area contributed by atoms with Gasteiger partial charge in [0.1, 0.15) is 5.84 Å². The first-order chi connectivity index (χ1) is 7.12. The molecule has 0 bridgehead atoms. The fourth-order valence-corrected chi connectivity index (χ4v) is 2.62. The number of halogens is 2. The molecule has 3 N–H and O–H groups in total. The molecule has 1 unspecified atom stereocenters. The summed E-state index contributed by atoms with van der Waals surface area (Å²) in [6.07, 6.45) is 3.38. The molecule has 0 saturated carbocycles. The number of rotatable bonds is 1. The Kier molecular flexibility index (Phi) is 2.88. The Morgan fingerprint density at radius 3 is 2.80 bits per heavy atom. The fraction of sp³-hybridized carbons (Fsp3) is 0.100. The first kappa shape index (κ1) is 10.8. The van der Waals surface area contributed by atoms with Gasteiger partial charge in [0.25, 0.3) is 0 Å². The van der Waals surface area contributed by atoms with Crippen molar-refractivity contribution in [3.63, 3.8) is 0 Å². The summed E-state index contributed by atoms with van der Waals surface area (Å²) in [5, 5.41) is 2.02. The Morgan fingerprint density at radius 2 is 2.13 bits per heavy atom. The summed E-state index contributed by atoms with van der Waals surface area (Å²) in [4.78, 5) is 4.20. The lowest BCUT2D eigenvalue weighted by Gasteiger charge is -2.27. The number of alkyl halides is 1. The molecule has 1 aromatic carbocycles. The van der Waals surface area contributed by atoms with E-state index in [-0.39, 0.29) is 0 Å². The van der Waals surface area contributed by atoms with Gasteiger partial charge >= 0.3 is 0 Å². The summed E-state index contributed by atoms with van der Waals surface area (Å²) in [6, 6.07) is 7.79. The highest BCUT2D eigenvalue weighted by atomic mass is 127. The zero-order chi connectivity index (χ0) is 10.9. The molecule has 1 aliphatic heterocycles. The maximum Gasteiger partial charge on any atom is 0.235 e. The number of nitrogens with one attached hydrogen (secondary N) is 1. The molecular weight excluding hydrogens is 324 g/mol. The van der Waals surface area contributed by atoms with Crippen molar-refractivity contribution in [3.8, 4) is 0 Å². The van der Waals surface area contributed by atoms with Crippen LogP contribution < -0.4 is 11.1 Å². The monoisotopic (exact) mass is 333 g/mol. The fourth-order valence-electron chi connectivity index (χ4n) is 1.35. The average Bonchev–Trinajstić information content (AvgIpc) is 2.17. The molecule has 0 radical (unpaired) electrons. The molecule has 0 aliphatic carbocycles. The van der Waals surface area contributed by atoms with Crippen LogP contribution in [0.5, 0.6) is 0 Å². The first-order valence-electron chi connectivity index (χ1n) is 4.35. The predicted octanol–water partition coefficient (Wildman–Crippen LogP) is 2.11. The lowest BCUT2D eigenvalue weighted by atomic mass is 10.1. The number of amidine groups is 1. The highest BCUT2D eigenvalue weighted by molar-refractivity contribution is 14.1. The second kappa shape index (κ2) is 4.02. The normalized spacial score (nSPS) is 24.5. The van der Waals surface area contributed by atoms with Crippen molar-refractivity contribution < 1.29 is 0 Å². The van der Waals surface area contributed by atoms with Crippen LogP contribution in [0.4, 0.5) is 0 Å². The zero-order valence-corrected chi connectivity index (χ0v) is 10.7. The molecule has 3 nitrogen and oxygen atoms in total. The quantitative estimate of drug-likeness (QED) is 0.470. The molecule has 15 heavy (non-hydrogen) atoms. The zero-order valence-electron chi connectivity index (χ0n) is 7.74. The van der Waals surface area contributed by atoms with E-state index in [1.54, 1.807) is 12.3 Å². The number of hydrogen-bond donors (Lipinski definition) is 2. The van der Waals surface area contributed by atoms with Gasteiger partial charge in [0.05, 0.1) is 0 Å². The molecular formula is C10H9ClIN3. The molecule has 0 fully saturated rings. The SMILES string of the molecule is NC1=NC(Cl)(c2ccccc2I)NC=C1. The van der Waals surface area contributed by atoms with Gasteiger partial charge in [-0.25, -0.2) is 4.99 Å². The smallest absolute Gasteiger partial charge is 0.235 e. The second-order valence-corrected chi connectivity index (χ2v) is 4.83. The minimum Gasteiger partial charge on any atom is -0.384 e. The van der Waals surface area contributed by atoms with Crippen molar-refractivity contribution in [2.24, 2.45) is 10.7 Å². The molecule has 0 spiro atoms. The van der Waals surface area contributed by atoms with Gasteiger partial charge in [0.15, 0.2) is 0 Å². The minimum atomic E-state index is -0.976. The third-order valence-corrected chi connectivity index (χ3v) is 3.38. The van der Waals surface area contributed by atoms with E-state index in [0.717, 1.165) is 9.13 Å². The van der Waals surface area contributed by atoms with Crippen molar-refractivity contribution in [2.45, 2.75) is 5.12 Å². The van der Waals surface area contributed by atoms with Crippen molar-refractivity contribution in [1.82, 2.24) is 5.32 Å². The van der Waals surface area contributed by atoms with E-state index in [2.05, 4.69) is 32.9 Å². The Balaban J connectivity index is 2.47. The second-order valence-electron chi connectivity index (χ2n) is 3.12. The molecule has 0 aromatic heterocycles. The maximum atomic E-state index is 6.37. The van der Waals surface area contributed by atoms with Crippen LogP contribution in [0, 0.1) is 3.57 Å². The van der Waals surface area contributed by atoms with E-state index in [1.807, 2.05) is 24.3 Å². The van der Waals surface area contributed by atoms with E-state index in [1.165, 1.54) is 0 Å². The molecule has 1 aromatic rings. The predicted molar refractivity (Wildman–Crippen MR) is 70.6 cm³/mol. The van der Waals surface area contributed by atoms with Crippen LogP contribution in [0.3, 0.4) is 0 Å². The van der Waals surface area contributed by atoms with Crippen LogP contribution in [0.1, 0.15) is 5.56 Å². The highest BCUT2D eigenvalue weighted by Crippen LogP contribution is 2.32. The lowest BCUT2D eigenvalue weighted by Crippen LogP contribution is -2.37. The van der Waals surface area contributed by atoms with Crippen LogP contribution in [-0.4, -0.2) is 5.84 Å². The molecule has 1 aliphatic rings. The number of aliphatic imine (C=N–C) groups is 1. The van der Waals surface area contributed by atoms with Crippen molar-refractivity contribution >= 4 is 40.0 Å². The molecule has 1 atom stereocenters. The van der Waals surface area contributed by atoms with Crippen LogP contribution >= 0.6 is 34.2 Å². The van der Waals surface area contributed by atoms with Gasteiger partial charge in [-0.05, 0) is 34.7 Å².